The van der Waals surface area contributed by atoms with Crippen molar-refractivity contribution in [2.75, 3.05) is 30.9 Å². The lowest BCUT2D eigenvalue weighted by molar-refractivity contribution is -0.384. The molecule has 2 aromatic rings. The molecule has 0 saturated heterocycles. The summed E-state index contributed by atoms with van der Waals surface area (Å²) in [7, 11) is 3.83. The topological polar surface area (TPSA) is 102 Å². The van der Waals surface area contributed by atoms with E-state index in [1.807, 2.05) is 31.1 Å². The van der Waals surface area contributed by atoms with Gasteiger partial charge in [-0.05, 0) is 48.0 Å². The summed E-state index contributed by atoms with van der Waals surface area (Å²) in [6.07, 6.45) is 2.60. The molecule has 8 heteroatoms. The number of carbonyl (C=O) groups excluding carboxylic acids is 2. The smallest absolute Gasteiger partial charge is 0.331 e. The van der Waals surface area contributed by atoms with Crippen LogP contribution < -0.4 is 10.2 Å². The average molecular weight is 369 g/mol. The number of hydrogen-bond donors (Lipinski definition) is 1. The first-order chi connectivity index (χ1) is 12.8. The molecular formula is C19H19N3O5. The minimum Gasteiger partial charge on any atom is -0.452 e. The second kappa shape index (κ2) is 9.14. The highest BCUT2D eigenvalue weighted by molar-refractivity contribution is 5.94. The van der Waals surface area contributed by atoms with Crippen LogP contribution in [0.5, 0.6) is 0 Å². The molecule has 0 fully saturated rings. The van der Waals surface area contributed by atoms with Gasteiger partial charge in [-0.15, -0.1) is 0 Å². The van der Waals surface area contributed by atoms with Gasteiger partial charge in [0, 0.05) is 43.7 Å². The summed E-state index contributed by atoms with van der Waals surface area (Å²) in [5, 5.41) is 13.2. The second-order valence-corrected chi connectivity index (χ2v) is 5.78. The lowest BCUT2D eigenvalue weighted by atomic mass is 10.2. The average Bonchev–Trinajstić information content (AvgIpc) is 2.65. The Morgan fingerprint density at radius 3 is 2.30 bits per heavy atom. The molecule has 0 radical (unpaired) electrons. The number of rotatable bonds is 7. The van der Waals surface area contributed by atoms with Crippen molar-refractivity contribution in [2.45, 2.75) is 0 Å². The Hall–Kier alpha value is -3.68. The van der Waals surface area contributed by atoms with E-state index in [-0.39, 0.29) is 5.69 Å². The van der Waals surface area contributed by atoms with E-state index in [0.717, 1.165) is 11.8 Å². The summed E-state index contributed by atoms with van der Waals surface area (Å²) in [6.45, 7) is -0.418. The summed E-state index contributed by atoms with van der Waals surface area (Å²) in [6, 6.07) is 12.9. The Labute approximate surface area is 156 Å². The quantitative estimate of drug-likeness (QED) is 0.348. The first kappa shape index (κ1) is 19.6. The van der Waals surface area contributed by atoms with Gasteiger partial charge in [0.25, 0.3) is 11.6 Å². The zero-order chi connectivity index (χ0) is 19.8. The van der Waals surface area contributed by atoms with Crippen molar-refractivity contribution in [2.24, 2.45) is 0 Å². The van der Waals surface area contributed by atoms with Crippen LogP contribution >= 0.6 is 0 Å². The van der Waals surface area contributed by atoms with Gasteiger partial charge in [0.2, 0.25) is 0 Å². The third kappa shape index (κ3) is 6.28. The molecule has 2 aromatic carbocycles. The molecule has 8 nitrogen and oxygen atoms in total. The second-order valence-electron chi connectivity index (χ2n) is 5.78. The van der Waals surface area contributed by atoms with Gasteiger partial charge in [-0.25, -0.2) is 4.79 Å². The fraction of sp³-hybridized carbons (Fsp3) is 0.158. The molecule has 0 aliphatic rings. The molecule has 0 saturated carbocycles. The molecule has 140 valence electrons. The van der Waals surface area contributed by atoms with Crippen LogP contribution in [0.1, 0.15) is 5.56 Å². The van der Waals surface area contributed by atoms with Gasteiger partial charge in [0.05, 0.1) is 4.92 Å². The molecule has 27 heavy (non-hydrogen) atoms. The highest BCUT2D eigenvalue weighted by atomic mass is 16.6. The SMILES string of the molecule is CN(C)c1ccc(NC(=O)COC(=O)/C=C/c2ccc([N+](=O)[O-])cc2)cc1. The van der Waals surface area contributed by atoms with Gasteiger partial charge in [0.15, 0.2) is 6.61 Å². The van der Waals surface area contributed by atoms with Crippen molar-refractivity contribution in [3.8, 4) is 0 Å². The van der Waals surface area contributed by atoms with Crippen LogP contribution in [0, 0.1) is 10.1 Å². The normalized spacial score (nSPS) is 10.4. The number of ether oxygens (including phenoxy) is 1. The number of nitrogens with zero attached hydrogens (tertiary/aromatic N) is 2. The fourth-order valence-corrected chi connectivity index (χ4v) is 2.10. The van der Waals surface area contributed by atoms with Crippen molar-refractivity contribution >= 4 is 35.0 Å². The molecule has 0 atom stereocenters. The third-order valence-electron chi connectivity index (χ3n) is 3.53. The maximum absolute atomic E-state index is 11.8. The van der Waals surface area contributed by atoms with Crippen molar-refractivity contribution < 1.29 is 19.2 Å². The number of amides is 1. The molecule has 1 N–H and O–H groups in total. The number of hydrogen-bond acceptors (Lipinski definition) is 6. The van der Waals surface area contributed by atoms with Crippen LogP contribution in [0.3, 0.4) is 0 Å². The van der Waals surface area contributed by atoms with Crippen LogP contribution in [0.15, 0.2) is 54.6 Å². The number of carbonyl (C=O) groups is 2. The van der Waals surface area contributed by atoms with Gasteiger partial charge >= 0.3 is 5.97 Å². The number of nitrogens with one attached hydrogen (secondary N) is 1. The van der Waals surface area contributed by atoms with E-state index in [1.54, 1.807) is 12.1 Å². The van der Waals surface area contributed by atoms with Gasteiger partial charge in [-0.1, -0.05) is 0 Å². The van der Waals surface area contributed by atoms with Crippen molar-refractivity contribution in [3.63, 3.8) is 0 Å². The Morgan fingerprint density at radius 1 is 1.11 bits per heavy atom. The molecule has 0 bridgehead atoms. The van der Waals surface area contributed by atoms with Crippen LogP contribution in [0.2, 0.25) is 0 Å². The number of nitro groups is 1. The molecule has 0 heterocycles. The number of nitro benzene ring substituents is 1. The molecule has 0 aromatic heterocycles. The largest absolute Gasteiger partial charge is 0.452 e. The Kier molecular flexibility index (Phi) is 6.65. The standard InChI is InChI=1S/C19H19N3O5/c1-21(2)16-10-6-15(7-11-16)20-18(23)13-27-19(24)12-5-14-3-8-17(9-4-14)22(25)26/h3-12H,13H2,1-2H3,(H,20,23)/b12-5+. The lowest BCUT2D eigenvalue weighted by Crippen LogP contribution is -2.20. The van der Waals surface area contributed by atoms with Crippen molar-refractivity contribution in [3.05, 3.63) is 70.3 Å². The number of benzene rings is 2. The van der Waals surface area contributed by atoms with Gasteiger partial charge in [-0.3, -0.25) is 14.9 Å². The maximum Gasteiger partial charge on any atom is 0.331 e. The van der Waals surface area contributed by atoms with E-state index in [2.05, 4.69) is 5.32 Å². The number of anilines is 2. The highest BCUT2D eigenvalue weighted by Crippen LogP contribution is 2.15. The molecule has 0 aliphatic carbocycles. The van der Waals surface area contributed by atoms with Crippen LogP contribution in [0.25, 0.3) is 6.08 Å². The summed E-state index contributed by atoms with van der Waals surface area (Å²) >= 11 is 0. The molecule has 0 aliphatic heterocycles. The minimum absolute atomic E-state index is 0.0370. The van der Waals surface area contributed by atoms with E-state index in [1.165, 1.54) is 30.3 Å². The van der Waals surface area contributed by atoms with E-state index < -0.39 is 23.4 Å². The van der Waals surface area contributed by atoms with E-state index in [9.17, 15) is 19.7 Å². The third-order valence-corrected chi connectivity index (χ3v) is 3.53. The molecule has 0 unspecified atom stereocenters. The lowest BCUT2D eigenvalue weighted by Gasteiger charge is -2.13. The molecule has 2 rings (SSSR count). The van der Waals surface area contributed by atoms with Crippen molar-refractivity contribution in [1.82, 2.24) is 0 Å². The van der Waals surface area contributed by atoms with E-state index in [0.29, 0.717) is 11.3 Å². The van der Waals surface area contributed by atoms with E-state index >= 15 is 0 Å². The van der Waals surface area contributed by atoms with Crippen molar-refractivity contribution in [1.29, 1.82) is 0 Å². The van der Waals surface area contributed by atoms with Gasteiger partial charge in [-0.2, -0.15) is 0 Å². The minimum atomic E-state index is -0.688. The van der Waals surface area contributed by atoms with Gasteiger partial charge < -0.3 is 15.0 Å². The first-order valence-electron chi connectivity index (χ1n) is 8.01. The number of esters is 1. The van der Waals surface area contributed by atoms with Gasteiger partial charge in [0.1, 0.15) is 0 Å². The van der Waals surface area contributed by atoms with Crippen LogP contribution in [-0.4, -0.2) is 37.5 Å². The summed E-state index contributed by atoms with van der Waals surface area (Å²) in [4.78, 5) is 35.5. The Bertz CT molecular complexity index is 843. The zero-order valence-electron chi connectivity index (χ0n) is 14.9. The number of non-ortho nitro benzene ring substituents is 1. The van der Waals surface area contributed by atoms with Crippen LogP contribution in [0.4, 0.5) is 17.1 Å². The highest BCUT2D eigenvalue weighted by Gasteiger charge is 2.07. The van der Waals surface area contributed by atoms with E-state index in [4.69, 9.17) is 4.74 Å². The monoisotopic (exact) mass is 369 g/mol. The Balaban J connectivity index is 1.80. The summed E-state index contributed by atoms with van der Waals surface area (Å²) < 4.78 is 4.87. The fourth-order valence-electron chi connectivity index (χ4n) is 2.10. The predicted octanol–water partition coefficient (Wildman–Crippen LogP) is 2.86. The predicted molar refractivity (Wildman–Crippen MR) is 102 cm³/mol. The van der Waals surface area contributed by atoms with Crippen LogP contribution in [-0.2, 0) is 14.3 Å². The summed E-state index contributed by atoms with van der Waals surface area (Å²) in [5.74, 6) is -1.14. The molecular weight excluding hydrogens is 350 g/mol. The Morgan fingerprint density at radius 2 is 1.74 bits per heavy atom. The zero-order valence-corrected chi connectivity index (χ0v) is 14.9. The molecule has 0 spiro atoms. The maximum atomic E-state index is 11.8. The first-order valence-corrected chi connectivity index (χ1v) is 8.01. The summed E-state index contributed by atoms with van der Waals surface area (Å²) in [5.41, 5.74) is 2.16. The molecule has 1 amide bonds.